The molecule has 0 saturated carbocycles. The first-order valence-electron chi connectivity index (χ1n) is 7.57. The lowest BCUT2D eigenvalue weighted by molar-refractivity contribution is -0.136. The van der Waals surface area contributed by atoms with Crippen LogP contribution in [-0.4, -0.2) is 35.8 Å². The van der Waals surface area contributed by atoms with Crippen molar-refractivity contribution < 1.29 is 9.59 Å². The lowest BCUT2D eigenvalue weighted by Crippen LogP contribution is -2.48. The number of fused-ring (bicyclic) bond motifs is 1. The summed E-state index contributed by atoms with van der Waals surface area (Å²) >= 11 is 0. The first-order chi connectivity index (χ1) is 10.1. The Morgan fingerprint density at radius 2 is 2.29 bits per heavy atom. The molecule has 2 atom stereocenters. The van der Waals surface area contributed by atoms with Gasteiger partial charge in [-0.3, -0.25) is 9.59 Å². The molecule has 1 aromatic carbocycles. The Labute approximate surface area is 124 Å². The maximum atomic E-state index is 12.5. The van der Waals surface area contributed by atoms with Gasteiger partial charge in [0.25, 0.3) is 0 Å². The molecule has 5 heteroatoms. The molecule has 2 saturated heterocycles. The van der Waals surface area contributed by atoms with E-state index < -0.39 is 0 Å². The van der Waals surface area contributed by atoms with Crippen LogP contribution in [0.2, 0.25) is 0 Å². The molecule has 3 rings (SSSR count). The minimum atomic E-state index is -0.00457. The van der Waals surface area contributed by atoms with Gasteiger partial charge in [0.2, 0.25) is 11.8 Å². The second kappa shape index (κ2) is 5.76. The summed E-state index contributed by atoms with van der Waals surface area (Å²) < 4.78 is 0. The zero-order valence-electron chi connectivity index (χ0n) is 12.0. The maximum Gasteiger partial charge on any atom is 0.225 e. The van der Waals surface area contributed by atoms with Crippen molar-refractivity contribution in [1.82, 2.24) is 10.2 Å². The summed E-state index contributed by atoms with van der Waals surface area (Å²) in [4.78, 5) is 26.1. The smallest absolute Gasteiger partial charge is 0.225 e. The van der Waals surface area contributed by atoms with Crippen molar-refractivity contribution in [3.8, 4) is 0 Å². The van der Waals surface area contributed by atoms with Crippen LogP contribution in [0, 0.1) is 5.92 Å². The number of amides is 2. The fraction of sp³-hybridized carbons (Fsp3) is 0.500. The number of aryl methyl sites for hydroxylation is 1. The predicted molar refractivity (Wildman–Crippen MR) is 80.4 cm³/mol. The third-order valence-electron chi connectivity index (χ3n) is 4.50. The third kappa shape index (κ3) is 2.86. The first-order valence-corrected chi connectivity index (χ1v) is 7.57. The number of anilines is 1. The topological polar surface area (TPSA) is 75.4 Å². The Morgan fingerprint density at radius 1 is 1.43 bits per heavy atom. The van der Waals surface area contributed by atoms with Crippen LogP contribution < -0.4 is 11.1 Å². The molecule has 0 aromatic heterocycles. The zero-order valence-corrected chi connectivity index (χ0v) is 12.0. The Balaban J connectivity index is 1.61. The van der Waals surface area contributed by atoms with Crippen molar-refractivity contribution in [2.75, 3.05) is 18.8 Å². The molecule has 3 N–H and O–H groups in total. The monoisotopic (exact) mass is 287 g/mol. The highest BCUT2D eigenvalue weighted by atomic mass is 16.2. The normalized spacial score (nSPS) is 24.6. The summed E-state index contributed by atoms with van der Waals surface area (Å²) in [6, 6.07) is 7.71. The fourth-order valence-corrected chi connectivity index (χ4v) is 3.40. The summed E-state index contributed by atoms with van der Waals surface area (Å²) in [5.41, 5.74) is 7.56. The number of hydrogen-bond donors (Lipinski definition) is 2. The summed E-state index contributed by atoms with van der Waals surface area (Å²) in [5.74, 6) is 0.243. The summed E-state index contributed by atoms with van der Waals surface area (Å²) in [5, 5.41) is 2.88. The van der Waals surface area contributed by atoms with Crippen LogP contribution in [0.25, 0.3) is 0 Å². The van der Waals surface area contributed by atoms with Crippen molar-refractivity contribution >= 4 is 17.5 Å². The van der Waals surface area contributed by atoms with Gasteiger partial charge >= 0.3 is 0 Å². The molecule has 0 bridgehead atoms. The van der Waals surface area contributed by atoms with Gasteiger partial charge in [-0.15, -0.1) is 0 Å². The number of likely N-dealkylation sites (tertiary alicyclic amines) is 1. The molecular formula is C16H21N3O2. The minimum absolute atomic E-state index is 0.00457. The highest BCUT2D eigenvalue weighted by Crippen LogP contribution is 2.28. The molecule has 2 heterocycles. The van der Waals surface area contributed by atoms with E-state index in [-0.39, 0.29) is 23.8 Å². The molecule has 2 amide bonds. The molecule has 5 nitrogen and oxygen atoms in total. The maximum absolute atomic E-state index is 12.5. The van der Waals surface area contributed by atoms with Crippen LogP contribution in [0.3, 0.4) is 0 Å². The van der Waals surface area contributed by atoms with E-state index in [0.717, 1.165) is 30.6 Å². The van der Waals surface area contributed by atoms with Gasteiger partial charge in [0.05, 0.1) is 12.0 Å². The molecule has 0 radical (unpaired) electrons. The van der Waals surface area contributed by atoms with Gasteiger partial charge in [0, 0.05) is 25.2 Å². The number of nitrogens with one attached hydrogen (secondary N) is 1. The van der Waals surface area contributed by atoms with Gasteiger partial charge < -0.3 is 16.0 Å². The second-order valence-corrected chi connectivity index (χ2v) is 5.89. The average molecular weight is 287 g/mol. The fourth-order valence-electron chi connectivity index (χ4n) is 3.40. The van der Waals surface area contributed by atoms with E-state index >= 15 is 0 Å². The number of carbonyl (C=O) groups is 2. The van der Waals surface area contributed by atoms with Gasteiger partial charge in [-0.2, -0.15) is 0 Å². The largest absolute Gasteiger partial charge is 0.399 e. The van der Waals surface area contributed by atoms with Crippen LogP contribution in [0.1, 0.15) is 24.8 Å². The standard InChI is InChI=1S/C16H21N3O2/c17-12-4-1-3-11(9-12)6-7-15(20)19-8-2-5-13-14(19)10-18-16(13)21/h1,3-4,9,13-14H,2,5-8,10,17H2,(H,18,21). The molecule has 2 aliphatic heterocycles. The average Bonchev–Trinajstić information content (AvgIpc) is 2.87. The van der Waals surface area contributed by atoms with E-state index in [9.17, 15) is 9.59 Å². The third-order valence-corrected chi connectivity index (χ3v) is 4.50. The molecule has 1 aromatic rings. The van der Waals surface area contributed by atoms with Crippen molar-refractivity contribution in [2.45, 2.75) is 31.7 Å². The van der Waals surface area contributed by atoms with Crippen molar-refractivity contribution in [3.63, 3.8) is 0 Å². The quantitative estimate of drug-likeness (QED) is 0.812. The molecule has 2 aliphatic rings. The van der Waals surface area contributed by atoms with Crippen LogP contribution in [0.4, 0.5) is 5.69 Å². The number of hydrogen-bond acceptors (Lipinski definition) is 3. The van der Waals surface area contributed by atoms with Gasteiger partial charge in [-0.05, 0) is 37.0 Å². The van der Waals surface area contributed by atoms with Gasteiger partial charge in [-0.25, -0.2) is 0 Å². The minimum Gasteiger partial charge on any atom is -0.399 e. The Hall–Kier alpha value is -2.04. The molecule has 2 fully saturated rings. The van der Waals surface area contributed by atoms with E-state index in [1.807, 2.05) is 29.2 Å². The van der Waals surface area contributed by atoms with E-state index in [1.165, 1.54) is 0 Å². The highest BCUT2D eigenvalue weighted by Gasteiger charge is 2.42. The Bertz CT molecular complexity index is 558. The number of nitrogen functional groups attached to an aromatic ring is 1. The van der Waals surface area contributed by atoms with Crippen LogP contribution in [-0.2, 0) is 16.0 Å². The van der Waals surface area contributed by atoms with E-state index in [1.54, 1.807) is 0 Å². The number of nitrogens with two attached hydrogens (primary N) is 1. The molecule has 21 heavy (non-hydrogen) atoms. The number of benzene rings is 1. The molecule has 0 aliphatic carbocycles. The summed E-state index contributed by atoms with van der Waals surface area (Å²) in [6.45, 7) is 1.37. The van der Waals surface area contributed by atoms with Gasteiger partial charge in [0.1, 0.15) is 0 Å². The van der Waals surface area contributed by atoms with Crippen molar-refractivity contribution in [3.05, 3.63) is 29.8 Å². The Kier molecular flexibility index (Phi) is 3.82. The van der Waals surface area contributed by atoms with E-state index in [0.29, 0.717) is 19.4 Å². The SMILES string of the molecule is Nc1cccc(CCC(=O)N2CCCC3C(=O)NCC32)c1. The number of piperidine rings is 1. The Morgan fingerprint density at radius 3 is 3.10 bits per heavy atom. The van der Waals surface area contributed by atoms with Crippen molar-refractivity contribution in [2.24, 2.45) is 5.92 Å². The summed E-state index contributed by atoms with van der Waals surface area (Å²) in [7, 11) is 0. The highest BCUT2D eigenvalue weighted by molar-refractivity contribution is 5.84. The molecule has 2 unspecified atom stereocenters. The zero-order chi connectivity index (χ0) is 14.8. The predicted octanol–water partition coefficient (Wildman–Crippen LogP) is 0.938. The lowest BCUT2D eigenvalue weighted by Gasteiger charge is -2.36. The van der Waals surface area contributed by atoms with Crippen LogP contribution >= 0.6 is 0 Å². The lowest BCUT2D eigenvalue weighted by atomic mass is 9.91. The molecule has 112 valence electrons. The molecular weight excluding hydrogens is 266 g/mol. The van der Waals surface area contributed by atoms with Gasteiger partial charge in [-0.1, -0.05) is 12.1 Å². The van der Waals surface area contributed by atoms with Crippen LogP contribution in [0.5, 0.6) is 0 Å². The number of carbonyl (C=O) groups excluding carboxylic acids is 2. The number of nitrogens with zero attached hydrogens (tertiary/aromatic N) is 1. The molecule has 0 spiro atoms. The second-order valence-electron chi connectivity index (χ2n) is 5.89. The van der Waals surface area contributed by atoms with Crippen LogP contribution in [0.15, 0.2) is 24.3 Å². The van der Waals surface area contributed by atoms with E-state index in [4.69, 9.17) is 5.73 Å². The van der Waals surface area contributed by atoms with Gasteiger partial charge in [0.15, 0.2) is 0 Å². The van der Waals surface area contributed by atoms with E-state index in [2.05, 4.69) is 5.32 Å². The first kappa shape index (κ1) is 13.9. The van der Waals surface area contributed by atoms with Crippen molar-refractivity contribution in [1.29, 1.82) is 0 Å². The summed E-state index contributed by atoms with van der Waals surface area (Å²) in [6.07, 6.45) is 2.98. The number of rotatable bonds is 3.